The standard InChI is InChI=1S/C10H20O4Si/c1-4-13-15(6-3,14-5-2)9-7-8-10(11)12/h6H,3-5,7-9H2,1-2H3,(H,11,12). The Morgan fingerprint density at radius 1 is 1.40 bits per heavy atom. The largest absolute Gasteiger partial charge is 0.481 e. The number of rotatable bonds is 9. The van der Waals surface area contributed by atoms with E-state index in [4.69, 9.17) is 14.0 Å². The van der Waals surface area contributed by atoms with Gasteiger partial charge in [-0.1, -0.05) is 0 Å². The Morgan fingerprint density at radius 3 is 2.27 bits per heavy atom. The Bertz CT molecular complexity index is 200. The summed E-state index contributed by atoms with van der Waals surface area (Å²) in [5, 5.41) is 8.55. The number of hydrogen-bond acceptors (Lipinski definition) is 3. The highest BCUT2D eigenvalue weighted by molar-refractivity contribution is 6.72. The van der Waals surface area contributed by atoms with Crippen LogP contribution in [0.1, 0.15) is 26.7 Å². The Labute approximate surface area is 92.1 Å². The van der Waals surface area contributed by atoms with Gasteiger partial charge in [0.15, 0.2) is 0 Å². The highest BCUT2D eigenvalue weighted by Gasteiger charge is 2.33. The molecule has 1 N–H and O–H groups in total. The molecule has 0 unspecified atom stereocenters. The van der Waals surface area contributed by atoms with Crippen molar-refractivity contribution in [1.82, 2.24) is 0 Å². The van der Waals surface area contributed by atoms with Crippen LogP contribution in [0.3, 0.4) is 0 Å². The van der Waals surface area contributed by atoms with Gasteiger partial charge in [-0.05, 0) is 32.0 Å². The van der Waals surface area contributed by atoms with Crippen molar-refractivity contribution in [2.75, 3.05) is 13.2 Å². The third-order valence-electron chi connectivity index (χ3n) is 2.00. The number of aliphatic carboxylic acids is 1. The van der Waals surface area contributed by atoms with E-state index in [1.165, 1.54) is 0 Å². The summed E-state index contributed by atoms with van der Waals surface area (Å²) in [6.07, 6.45) is 0.732. The fourth-order valence-corrected chi connectivity index (χ4v) is 3.84. The van der Waals surface area contributed by atoms with Gasteiger partial charge in [0.05, 0.1) is 0 Å². The molecular formula is C10H20O4Si. The quantitative estimate of drug-likeness (QED) is 0.618. The first kappa shape index (κ1) is 14.3. The topological polar surface area (TPSA) is 55.8 Å². The molecule has 0 aliphatic heterocycles. The Kier molecular flexibility index (Phi) is 7.28. The van der Waals surface area contributed by atoms with E-state index in [1.807, 2.05) is 13.8 Å². The molecule has 0 atom stereocenters. The third-order valence-corrected chi connectivity index (χ3v) is 5.23. The number of carbonyl (C=O) groups is 1. The van der Waals surface area contributed by atoms with Crippen molar-refractivity contribution in [1.29, 1.82) is 0 Å². The van der Waals surface area contributed by atoms with E-state index in [0.717, 1.165) is 0 Å². The lowest BCUT2D eigenvalue weighted by molar-refractivity contribution is -0.137. The summed E-state index contributed by atoms with van der Waals surface area (Å²) in [6, 6.07) is 0.657. The molecule has 0 aromatic heterocycles. The van der Waals surface area contributed by atoms with Gasteiger partial charge in [0.1, 0.15) is 0 Å². The van der Waals surface area contributed by atoms with Crippen LogP contribution in [0.2, 0.25) is 6.04 Å². The summed E-state index contributed by atoms with van der Waals surface area (Å²) in [7, 11) is -2.34. The van der Waals surface area contributed by atoms with Crippen molar-refractivity contribution in [2.45, 2.75) is 32.7 Å². The van der Waals surface area contributed by atoms with Gasteiger partial charge in [-0.15, -0.1) is 6.58 Å². The third kappa shape index (κ3) is 5.71. The van der Waals surface area contributed by atoms with Gasteiger partial charge in [0.2, 0.25) is 0 Å². The first-order valence-electron chi connectivity index (χ1n) is 5.23. The van der Waals surface area contributed by atoms with Crippen molar-refractivity contribution in [2.24, 2.45) is 0 Å². The molecule has 0 heterocycles. The monoisotopic (exact) mass is 232 g/mol. The van der Waals surface area contributed by atoms with Crippen LogP contribution >= 0.6 is 0 Å². The van der Waals surface area contributed by atoms with Gasteiger partial charge in [-0.3, -0.25) is 4.79 Å². The molecule has 0 bridgehead atoms. The summed E-state index contributed by atoms with van der Waals surface area (Å²) in [5.41, 5.74) is 1.74. The predicted octanol–water partition coefficient (Wildman–Crippen LogP) is 2.09. The van der Waals surface area contributed by atoms with Crippen LogP contribution in [0.25, 0.3) is 0 Å². The fraction of sp³-hybridized carbons (Fsp3) is 0.700. The predicted molar refractivity (Wildman–Crippen MR) is 60.9 cm³/mol. The van der Waals surface area contributed by atoms with Crippen molar-refractivity contribution in [3.05, 3.63) is 12.3 Å². The average molecular weight is 232 g/mol. The minimum Gasteiger partial charge on any atom is -0.481 e. The van der Waals surface area contributed by atoms with E-state index in [-0.39, 0.29) is 6.42 Å². The lowest BCUT2D eigenvalue weighted by Crippen LogP contribution is -2.40. The second kappa shape index (κ2) is 7.61. The first-order chi connectivity index (χ1) is 7.10. The molecule has 15 heavy (non-hydrogen) atoms. The second-order valence-electron chi connectivity index (χ2n) is 3.13. The van der Waals surface area contributed by atoms with Gasteiger partial charge < -0.3 is 14.0 Å². The lowest BCUT2D eigenvalue weighted by atomic mass is 10.3. The van der Waals surface area contributed by atoms with Crippen LogP contribution in [-0.2, 0) is 13.6 Å². The van der Waals surface area contributed by atoms with Crippen LogP contribution in [0, 0.1) is 0 Å². The molecule has 0 radical (unpaired) electrons. The molecule has 0 aromatic carbocycles. The Balaban J connectivity index is 4.20. The molecule has 0 spiro atoms. The van der Waals surface area contributed by atoms with E-state index in [1.54, 1.807) is 5.70 Å². The average Bonchev–Trinajstić information content (AvgIpc) is 2.17. The Hall–Kier alpha value is -0.653. The van der Waals surface area contributed by atoms with E-state index < -0.39 is 14.5 Å². The zero-order valence-corrected chi connectivity index (χ0v) is 10.5. The minimum atomic E-state index is -2.34. The number of carboxylic acids is 1. The molecule has 5 heteroatoms. The van der Waals surface area contributed by atoms with E-state index >= 15 is 0 Å². The summed E-state index contributed by atoms with van der Waals surface area (Å²) >= 11 is 0. The zero-order chi connectivity index (χ0) is 11.7. The van der Waals surface area contributed by atoms with E-state index in [0.29, 0.717) is 25.7 Å². The molecule has 0 fully saturated rings. The maximum Gasteiger partial charge on any atom is 0.364 e. The van der Waals surface area contributed by atoms with Gasteiger partial charge in [0.25, 0.3) is 0 Å². The van der Waals surface area contributed by atoms with Crippen LogP contribution in [-0.4, -0.2) is 32.9 Å². The van der Waals surface area contributed by atoms with Crippen molar-refractivity contribution >= 4 is 14.5 Å². The lowest BCUT2D eigenvalue weighted by Gasteiger charge is -2.26. The fourth-order valence-electron chi connectivity index (χ4n) is 1.38. The minimum absolute atomic E-state index is 0.155. The second-order valence-corrected chi connectivity index (χ2v) is 6.24. The van der Waals surface area contributed by atoms with Gasteiger partial charge >= 0.3 is 14.5 Å². The van der Waals surface area contributed by atoms with Crippen LogP contribution < -0.4 is 0 Å². The summed E-state index contributed by atoms with van der Waals surface area (Å²) in [5.74, 6) is -0.782. The molecule has 0 aliphatic rings. The first-order valence-corrected chi connectivity index (χ1v) is 7.33. The van der Waals surface area contributed by atoms with Crippen molar-refractivity contribution in [3.8, 4) is 0 Å². The van der Waals surface area contributed by atoms with Crippen LogP contribution in [0.4, 0.5) is 0 Å². The summed E-state index contributed by atoms with van der Waals surface area (Å²) < 4.78 is 11.2. The summed E-state index contributed by atoms with van der Waals surface area (Å²) in [6.45, 7) is 8.69. The van der Waals surface area contributed by atoms with E-state index in [9.17, 15) is 4.79 Å². The maximum atomic E-state index is 10.4. The molecule has 0 aliphatic carbocycles. The molecule has 0 saturated carbocycles. The highest BCUT2D eigenvalue weighted by atomic mass is 28.4. The smallest absolute Gasteiger partial charge is 0.364 e. The molecule has 0 amide bonds. The normalized spacial score (nSPS) is 11.3. The van der Waals surface area contributed by atoms with Crippen molar-refractivity contribution in [3.63, 3.8) is 0 Å². The van der Waals surface area contributed by atoms with Gasteiger partial charge in [-0.2, -0.15) is 0 Å². The van der Waals surface area contributed by atoms with Gasteiger partial charge in [-0.25, -0.2) is 0 Å². The van der Waals surface area contributed by atoms with Gasteiger partial charge in [0, 0.05) is 19.6 Å². The zero-order valence-electron chi connectivity index (χ0n) is 9.49. The van der Waals surface area contributed by atoms with Crippen molar-refractivity contribution < 1.29 is 18.8 Å². The highest BCUT2D eigenvalue weighted by Crippen LogP contribution is 2.18. The van der Waals surface area contributed by atoms with Crippen LogP contribution in [0.5, 0.6) is 0 Å². The summed E-state index contributed by atoms with van der Waals surface area (Å²) in [4.78, 5) is 10.4. The molecule has 4 nitrogen and oxygen atoms in total. The SMILES string of the molecule is C=C[Si](CCCC(=O)O)(OCC)OCC. The molecule has 0 aromatic rings. The molecule has 88 valence electrons. The molecule has 0 rings (SSSR count). The Morgan fingerprint density at radius 2 is 1.93 bits per heavy atom. The molecular weight excluding hydrogens is 212 g/mol. The van der Waals surface area contributed by atoms with Crippen LogP contribution in [0.15, 0.2) is 12.3 Å². The maximum absolute atomic E-state index is 10.4. The number of hydrogen-bond donors (Lipinski definition) is 1. The van der Waals surface area contributed by atoms with E-state index in [2.05, 4.69) is 6.58 Å². The number of carboxylic acid groups (broad SMARTS) is 1. The molecule has 0 saturated heterocycles.